The highest BCUT2D eigenvalue weighted by Gasteiger charge is 2.32. The molecule has 3 heteroatoms. The fraction of sp³-hybridized carbons (Fsp3) is 0.800. The number of hydrogen-bond donors (Lipinski definition) is 2. The first kappa shape index (κ1) is 15.4. The predicted molar refractivity (Wildman–Crippen MR) is 72.2 cm³/mol. The molecule has 1 aliphatic rings. The lowest BCUT2D eigenvalue weighted by molar-refractivity contribution is -0.109. The minimum absolute atomic E-state index is 0.133. The first-order valence-corrected chi connectivity index (χ1v) is 7.18. The maximum absolute atomic E-state index is 10.6. The van der Waals surface area contributed by atoms with Crippen LogP contribution in [0.15, 0.2) is 12.2 Å². The zero-order chi connectivity index (χ0) is 13.2. The summed E-state index contributed by atoms with van der Waals surface area (Å²) in [6.45, 7) is 0.295. The number of carbonyl (C=O) groups is 1. The first-order valence-electron chi connectivity index (χ1n) is 7.18. The van der Waals surface area contributed by atoms with E-state index in [9.17, 15) is 9.90 Å². The molecule has 0 saturated heterocycles. The molecule has 0 aromatic rings. The molecule has 0 aliphatic heterocycles. The van der Waals surface area contributed by atoms with Crippen molar-refractivity contribution in [2.75, 3.05) is 6.61 Å². The van der Waals surface area contributed by atoms with Crippen LogP contribution >= 0.6 is 0 Å². The van der Waals surface area contributed by atoms with Gasteiger partial charge in [-0.2, -0.15) is 0 Å². The van der Waals surface area contributed by atoms with E-state index in [4.69, 9.17) is 5.11 Å². The molecule has 0 aromatic heterocycles. The fourth-order valence-corrected chi connectivity index (χ4v) is 2.76. The van der Waals surface area contributed by atoms with E-state index < -0.39 is 0 Å². The lowest BCUT2D eigenvalue weighted by atomic mass is 9.91. The summed E-state index contributed by atoms with van der Waals surface area (Å²) in [6.07, 6.45) is 12.7. The molecule has 0 radical (unpaired) electrons. The minimum atomic E-state index is -0.297. The van der Waals surface area contributed by atoms with E-state index in [1.807, 2.05) is 0 Å². The van der Waals surface area contributed by atoms with Crippen LogP contribution in [0.5, 0.6) is 0 Å². The average Bonchev–Trinajstić information content (AvgIpc) is 2.71. The number of carbonyl (C=O) groups excluding carboxylic acids is 1. The fourth-order valence-electron chi connectivity index (χ4n) is 2.76. The summed E-state index contributed by atoms with van der Waals surface area (Å²) in [5.74, 6) is 0.510. The second-order valence-corrected chi connectivity index (χ2v) is 5.23. The summed E-state index contributed by atoms with van der Waals surface area (Å²) in [6, 6.07) is 0. The van der Waals surface area contributed by atoms with Crippen LogP contribution in [0.2, 0.25) is 0 Å². The van der Waals surface area contributed by atoms with Gasteiger partial charge in [-0.1, -0.05) is 25.0 Å². The Morgan fingerprint density at radius 3 is 2.61 bits per heavy atom. The number of aliphatic hydroxyl groups is 2. The second-order valence-electron chi connectivity index (χ2n) is 5.23. The van der Waals surface area contributed by atoms with Crippen LogP contribution in [-0.2, 0) is 4.79 Å². The van der Waals surface area contributed by atoms with Gasteiger partial charge in [-0.05, 0) is 43.9 Å². The number of aldehydes is 1. The van der Waals surface area contributed by atoms with Gasteiger partial charge >= 0.3 is 0 Å². The molecule has 2 N–H and O–H groups in total. The van der Waals surface area contributed by atoms with Crippen LogP contribution in [0.4, 0.5) is 0 Å². The smallest absolute Gasteiger partial charge is 0.120 e. The van der Waals surface area contributed by atoms with Crippen molar-refractivity contribution in [2.24, 2.45) is 11.8 Å². The van der Waals surface area contributed by atoms with Gasteiger partial charge < -0.3 is 15.0 Å². The summed E-state index contributed by atoms with van der Waals surface area (Å²) >= 11 is 0. The molecule has 0 spiro atoms. The van der Waals surface area contributed by atoms with Crippen molar-refractivity contribution < 1.29 is 15.0 Å². The Labute approximate surface area is 110 Å². The first-order chi connectivity index (χ1) is 8.79. The molecule has 0 bridgehead atoms. The minimum Gasteiger partial charge on any atom is -0.396 e. The zero-order valence-electron chi connectivity index (χ0n) is 11.1. The summed E-state index contributed by atoms with van der Waals surface area (Å²) in [4.78, 5) is 10.6. The van der Waals surface area contributed by atoms with E-state index in [2.05, 4.69) is 12.2 Å². The topological polar surface area (TPSA) is 57.5 Å². The standard InChI is InChI=1S/C15H26O3/c16-11-6-4-2-1-3-5-7-13-8-9-15(18)14(13)10-12-17/h5,7,12-16,18H,1-4,6,8-11H2/t13-,14+,15-/m1/s1. The van der Waals surface area contributed by atoms with Crippen molar-refractivity contribution in [3.8, 4) is 0 Å². The third-order valence-corrected chi connectivity index (χ3v) is 3.87. The SMILES string of the molecule is O=CC[C@@H]1[C@H](O)CC[C@H]1C=CCCCCCCO. The Hall–Kier alpha value is -0.670. The van der Waals surface area contributed by atoms with Crippen LogP contribution in [-0.4, -0.2) is 29.2 Å². The Morgan fingerprint density at radius 1 is 1.11 bits per heavy atom. The third kappa shape index (κ3) is 5.32. The molecule has 0 unspecified atom stereocenters. The monoisotopic (exact) mass is 254 g/mol. The molecule has 0 heterocycles. The van der Waals surface area contributed by atoms with Gasteiger partial charge in [-0.25, -0.2) is 0 Å². The number of aliphatic hydroxyl groups excluding tert-OH is 2. The van der Waals surface area contributed by atoms with Crippen molar-refractivity contribution in [1.82, 2.24) is 0 Å². The van der Waals surface area contributed by atoms with Gasteiger partial charge in [0.2, 0.25) is 0 Å². The second kappa shape index (κ2) is 9.29. The van der Waals surface area contributed by atoms with Crippen molar-refractivity contribution in [3.05, 3.63) is 12.2 Å². The van der Waals surface area contributed by atoms with Crippen LogP contribution in [0.3, 0.4) is 0 Å². The molecule has 0 amide bonds. The summed E-state index contributed by atoms with van der Waals surface area (Å²) in [7, 11) is 0. The van der Waals surface area contributed by atoms with Gasteiger partial charge in [-0.3, -0.25) is 0 Å². The summed E-state index contributed by atoms with van der Waals surface area (Å²) in [5.41, 5.74) is 0. The van der Waals surface area contributed by atoms with Crippen LogP contribution in [0.1, 0.15) is 51.4 Å². The zero-order valence-corrected chi connectivity index (χ0v) is 11.1. The highest BCUT2D eigenvalue weighted by Crippen LogP contribution is 2.35. The molecule has 1 saturated carbocycles. The van der Waals surface area contributed by atoms with Crippen molar-refractivity contribution in [3.63, 3.8) is 0 Å². The van der Waals surface area contributed by atoms with Gasteiger partial charge in [0.05, 0.1) is 6.10 Å². The largest absolute Gasteiger partial charge is 0.396 e. The third-order valence-electron chi connectivity index (χ3n) is 3.87. The molecular weight excluding hydrogens is 228 g/mol. The molecule has 18 heavy (non-hydrogen) atoms. The molecule has 104 valence electrons. The van der Waals surface area contributed by atoms with E-state index in [-0.39, 0.29) is 12.0 Å². The molecule has 3 atom stereocenters. The van der Waals surface area contributed by atoms with E-state index in [0.29, 0.717) is 18.9 Å². The maximum Gasteiger partial charge on any atom is 0.120 e. The lowest BCUT2D eigenvalue weighted by Crippen LogP contribution is -2.18. The van der Waals surface area contributed by atoms with Crippen molar-refractivity contribution >= 4 is 6.29 Å². The predicted octanol–water partition coefficient (Wildman–Crippen LogP) is 2.46. The van der Waals surface area contributed by atoms with Gasteiger partial charge in [0.15, 0.2) is 0 Å². The maximum atomic E-state index is 10.6. The summed E-state index contributed by atoms with van der Waals surface area (Å²) < 4.78 is 0. The number of rotatable bonds is 9. The Bertz CT molecular complexity index is 250. The van der Waals surface area contributed by atoms with Gasteiger partial charge in [0.25, 0.3) is 0 Å². The quantitative estimate of drug-likeness (QED) is 0.377. The van der Waals surface area contributed by atoms with Crippen molar-refractivity contribution in [2.45, 2.75) is 57.5 Å². The molecule has 0 aromatic carbocycles. The molecule has 1 rings (SSSR count). The molecule has 1 aliphatic carbocycles. The Balaban J connectivity index is 2.18. The van der Waals surface area contributed by atoms with E-state index in [1.54, 1.807) is 0 Å². The Kier molecular flexibility index (Phi) is 7.94. The number of allylic oxidation sites excluding steroid dienone is 2. The lowest BCUT2D eigenvalue weighted by Gasteiger charge is -2.16. The van der Waals surface area contributed by atoms with Gasteiger partial charge in [0.1, 0.15) is 6.29 Å². The van der Waals surface area contributed by atoms with E-state index >= 15 is 0 Å². The van der Waals surface area contributed by atoms with Crippen LogP contribution in [0.25, 0.3) is 0 Å². The number of unbranched alkanes of at least 4 members (excludes halogenated alkanes) is 4. The van der Waals surface area contributed by atoms with Crippen LogP contribution < -0.4 is 0 Å². The average molecular weight is 254 g/mol. The highest BCUT2D eigenvalue weighted by molar-refractivity contribution is 5.50. The normalized spacial score (nSPS) is 28.0. The number of hydrogen-bond acceptors (Lipinski definition) is 3. The van der Waals surface area contributed by atoms with Crippen LogP contribution in [0, 0.1) is 11.8 Å². The molecule has 1 fully saturated rings. The van der Waals surface area contributed by atoms with E-state index in [1.165, 1.54) is 0 Å². The molecule has 3 nitrogen and oxygen atoms in total. The van der Waals surface area contributed by atoms with Crippen molar-refractivity contribution in [1.29, 1.82) is 0 Å². The molecular formula is C15H26O3. The summed E-state index contributed by atoms with van der Waals surface area (Å²) in [5, 5.41) is 18.4. The Morgan fingerprint density at radius 2 is 1.89 bits per heavy atom. The van der Waals surface area contributed by atoms with Gasteiger partial charge in [-0.15, -0.1) is 0 Å². The highest BCUT2D eigenvalue weighted by atomic mass is 16.3. The van der Waals surface area contributed by atoms with E-state index in [0.717, 1.165) is 51.2 Å². The van der Waals surface area contributed by atoms with Gasteiger partial charge in [0, 0.05) is 13.0 Å².